The van der Waals surface area contributed by atoms with Crippen molar-refractivity contribution in [3.63, 3.8) is 0 Å². The average molecular weight is 293 g/mol. The molecule has 2 nitrogen and oxygen atoms in total. The molecule has 0 radical (unpaired) electrons. The van der Waals surface area contributed by atoms with Crippen molar-refractivity contribution in [3.05, 3.63) is 23.8 Å². The van der Waals surface area contributed by atoms with Crippen molar-refractivity contribution in [2.45, 2.75) is 53.9 Å². The van der Waals surface area contributed by atoms with Crippen LogP contribution in [-0.2, 0) is 0 Å². The number of hydrazine groups is 1. The van der Waals surface area contributed by atoms with Gasteiger partial charge in [-0.3, -0.25) is 0 Å². The zero-order chi connectivity index (χ0) is 16.0. The van der Waals surface area contributed by atoms with E-state index in [1.54, 1.807) is 0 Å². The Kier molecular flexibility index (Phi) is 7.15. The summed E-state index contributed by atoms with van der Waals surface area (Å²) in [5.41, 5.74) is 1.80. The average Bonchev–Trinajstić information content (AvgIpc) is 2.39. The summed E-state index contributed by atoms with van der Waals surface area (Å²) in [6, 6.07) is 0. The topological polar surface area (TPSA) is 6.48 Å². The fraction of sp³-hybridized carbons (Fsp3) is 0.789. The van der Waals surface area contributed by atoms with Gasteiger partial charge in [0, 0.05) is 32.6 Å². The van der Waals surface area contributed by atoms with Crippen LogP contribution in [0.1, 0.15) is 53.9 Å². The molecule has 0 N–H and O–H groups in total. The van der Waals surface area contributed by atoms with Gasteiger partial charge in [0.2, 0.25) is 0 Å². The van der Waals surface area contributed by atoms with Gasteiger partial charge in [0.25, 0.3) is 0 Å². The normalized spacial score (nSPS) is 24.0. The minimum absolute atomic E-state index is 0.267. The number of rotatable bonds is 8. The Morgan fingerprint density at radius 2 is 1.86 bits per heavy atom. The Labute approximate surface area is 132 Å². The van der Waals surface area contributed by atoms with Crippen LogP contribution in [0.4, 0.5) is 0 Å². The number of hydrogen-bond acceptors (Lipinski definition) is 2. The molecule has 1 rings (SSSR count). The van der Waals surface area contributed by atoms with Crippen LogP contribution in [0.25, 0.3) is 0 Å². The van der Waals surface area contributed by atoms with Crippen molar-refractivity contribution in [2.24, 2.45) is 17.3 Å². The van der Waals surface area contributed by atoms with Gasteiger partial charge in [-0.25, -0.2) is 10.0 Å². The lowest BCUT2D eigenvalue weighted by Gasteiger charge is -2.36. The summed E-state index contributed by atoms with van der Waals surface area (Å²) in [7, 11) is 4.34. The monoisotopic (exact) mass is 292 g/mol. The molecule has 0 saturated carbocycles. The Morgan fingerprint density at radius 1 is 1.19 bits per heavy atom. The molecule has 2 unspecified atom stereocenters. The minimum Gasteiger partial charge on any atom is -0.245 e. The maximum atomic E-state index is 2.47. The van der Waals surface area contributed by atoms with Crippen LogP contribution in [0, 0.1) is 17.3 Å². The summed E-state index contributed by atoms with van der Waals surface area (Å²) in [5, 5.41) is 4.62. The second-order valence-electron chi connectivity index (χ2n) is 7.70. The van der Waals surface area contributed by atoms with Gasteiger partial charge >= 0.3 is 0 Å². The first-order valence-corrected chi connectivity index (χ1v) is 8.56. The van der Waals surface area contributed by atoms with Crippen molar-refractivity contribution in [2.75, 3.05) is 27.2 Å². The molecule has 122 valence electrons. The summed E-state index contributed by atoms with van der Waals surface area (Å²) in [6.07, 6.45) is 11.0. The van der Waals surface area contributed by atoms with Gasteiger partial charge in [0.15, 0.2) is 0 Å². The lowest BCUT2D eigenvalue weighted by Crippen LogP contribution is -2.42. The summed E-state index contributed by atoms with van der Waals surface area (Å²) in [4.78, 5) is 0. The zero-order valence-electron chi connectivity index (χ0n) is 15.3. The summed E-state index contributed by atoms with van der Waals surface area (Å²) in [6.45, 7) is 13.7. The van der Waals surface area contributed by atoms with E-state index in [1.807, 2.05) is 0 Å². The molecule has 21 heavy (non-hydrogen) atoms. The van der Waals surface area contributed by atoms with E-state index in [0.29, 0.717) is 0 Å². The number of nitrogens with zero attached hydrogens (tertiary/aromatic N) is 2. The van der Waals surface area contributed by atoms with Crippen LogP contribution in [0.5, 0.6) is 0 Å². The van der Waals surface area contributed by atoms with Gasteiger partial charge in [-0.15, -0.1) is 0 Å². The zero-order valence-corrected chi connectivity index (χ0v) is 15.3. The second-order valence-corrected chi connectivity index (χ2v) is 7.70. The fourth-order valence-corrected chi connectivity index (χ4v) is 3.25. The smallest absolute Gasteiger partial charge is 0.0221 e. The van der Waals surface area contributed by atoms with E-state index in [4.69, 9.17) is 0 Å². The van der Waals surface area contributed by atoms with E-state index in [1.165, 1.54) is 18.4 Å². The molecule has 0 saturated heterocycles. The Balaban J connectivity index is 2.51. The molecule has 2 heteroatoms. The highest BCUT2D eigenvalue weighted by atomic mass is 15.6. The highest BCUT2D eigenvalue weighted by Gasteiger charge is 2.25. The standard InChI is InChI=1S/C19H36N2/c1-8-20(6)21(7)15-19(5)11-9-18(10-12-19)14-17(4)13-16(2)3/h9-11,16-17H,8,12-15H2,1-7H3. The lowest BCUT2D eigenvalue weighted by molar-refractivity contribution is 0.00692. The Bertz CT molecular complexity index is 370. The van der Waals surface area contributed by atoms with Crippen LogP contribution < -0.4 is 0 Å². The molecule has 1 aliphatic rings. The third kappa shape index (κ3) is 6.36. The van der Waals surface area contributed by atoms with Crippen LogP contribution in [0.2, 0.25) is 0 Å². The predicted molar refractivity (Wildman–Crippen MR) is 94.1 cm³/mol. The fourth-order valence-electron chi connectivity index (χ4n) is 3.25. The molecule has 0 aromatic carbocycles. The van der Waals surface area contributed by atoms with E-state index < -0.39 is 0 Å². The van der Waals surface area contributed by atoms with E-state index >= 15 is 0 Å². The van der Waals surface area contributed by atoms with Crippen molar-refractivity contribution >= 4 is 0 Å². The van der Waals surface area contributed by atoms with Gasteiger partial charge in [-0.05, 0) is 31.1 Å². The highest BCUT2D eigenvalue weighted by molar-refractivity contribution is 5.26. The molecule has 0 aromatic rings. The molecule has 0 aliphatic heterocycles. The van der Waals surface area contributed by atoms with Crippen molar-refractivity contribution < 1.29 is 0 Å². The van der Waals surface area contributed by atoms with Gasteiger partial charge in [-0.2, -0.15) is 0 Å². The first-order chi connectivity index (χ1) is 9.75. The molecule has 2 atom stereocenters. The summed E-state index contributed by atoms with van der Waals surface area (Å²) in [5.74, 6) is 1.59. The van der Waals surface area contributed by atoms with E-state index in [0.717, 1.165) is 31.3 Å². The van der Waals surface area contributed by atoms with Gasteiger partial charge in [0.1, 0.15) is 0 Å². The number of allylic oxidation sites excluding steroid dienone is 3. The van der Waals surface area contributed by atoms with Gasteiger partial charge in [-0.1, -0.05) is 58.4 Å². The van der Waals surface area contributed by atoms with E-state index in [-0.39, 0.29) is 5.41 Å². The van der Waals surface area contributed by atoms with Gasteiger partial charge < -0.3 is 0 Å². The quantitative estimate of drug-likeness (QED) is 0.596. The third-order valence-corrected chi connectivity index (χ3v) is 4.62. The largest absolute Gasteiger partial charge is 0.245 e. The first kappa shape index (κ1) is 18.4. The molecule has 0 spiro atoms. The van der Waals surface area contributed by atoms with Crippen molar-refractivity contribution in [1.29, 1.82) is 0 Å². The Hall–Kier alpha value is -0.600. The van der Waals surface area contributed by atoms with Gasteiger partial charge in [0.05, 0.1) is 0 Å². The molecule has 0 fully saturated rings. The summed E-state index contributed by atoms with van der Waals surface area (Å²) < 4.78 is 0. The summed E-state index contributed by atoms with van der Waals surface area (Å²) >= 11 is 0. The van der Waals surface area contributed by atoms with Crippen molar-refractivity contribution in [3.8, 4) is 0 Å². The second kappa shape index (κ2) is 8.14. The molecule has 0 amide bonds. The van der Waals surface area contributed by atoms with Crippen LogP contribution in [0.3, 0.4) is 0 Å². The predicted octanol–water partition coefficient (Wildman–Crippen LogP) is 4.75. The number of hydrogen-bond donors (Lipinski definition) is 0. The molecule has 1 aliphatic carbocycles. The van der Waals surface area contributed by atoms with E-state index in [9.17, 15) is 0 Å². The molecule has 0 aromatic heterocycles. The Morgan fingerprint density at radius 3 is 2.33 bits per heavy atom. The lowest BCUT2D eigenvalue weighted by atomic mass is 9.80. The van der Waals surface area contributed by atoms with Crippen LogP contribution in [-0.4, -0.2) is 37.2 Å². The molecular weight excluding hydrogens is 256 g/mol. The van der Waals surface area contributed by atoms with Crippen molar-refractivity contribution in [1.82, 2.24) is 10.0 Å². The SMILES string of the molecule is CCN(C)N(C)CC1(C)C=CC(CC(C)CC(C)C)=CC1. The van der Waals surface area contributed by atoms with Crippen LogP contribution >= 0.6 is 0 Å². The maximum absolute atomic E-state index is 2.47. The molecule has 0 bridgehead atoms. The van der Waals surface area contributed by atoms with E-state index in [2.05, 4.69) is 77.0 Å². The molecule has 0 heterocycles. The highest BCUT2D eigenvalue weighted by Crippen LogP contribution is 2.32. The third-order valence-electron chi connectivity index (χ3n) is 4.62. The maximum Gasteiger partial charge on any atom is 0.0221 e. The first-order valence-electron chi connectivity index (χ1n) is 8.56. The van der Waals surface area contributed by atoms with Crippen LogP contribution in [0.15, 0.2) is 23.8 Å². The molecular formula is C19H36N2. The minimum atomic E-state index is 0.267.